The van der Waals surface area contributed by atoms with Crippen molar-refractivity contribution in [3.63, 3.8) is 0 Å². The molecule has 1 aromatic heterocycles. The number of aliphatic carboxylic acids is 1. The van der Waals surface area contributed by atoms with E-state index in [0.717, 1.165) is 34.7 Å². The monoisotopic (exact) mass is 487 g/mol. The van der Waals surface area contributed by atoms with Crippen molar-refractivity contribution in [2.75, 3.05) is 6.54 Å². The molecule has 6 nitrogen and oxygen atoms in total. The predicted octanol–water partition coefficient (Wildman–Crippen LogP) is 5.74. The van der Waals surface area contributed by atoms with Crippen LogP contribution in [0.2, 0.25) is 0 Å². The fourth-order valence-electron chi connectivity index (χ4n) is 3.77. The van der Waals surface area contributed by atoms with Crippen LogP contribution in [0.3, 0.4) is 0 Å². The van der Waals surface area contributed by atoms with E-state index in [1.807, 2.05) is 25.1 Å². The minimum atomic E-state index is -4.57. The van der Waals surface area contributed by atoms with E-state index in [0.29, 0.717) is 13.1 Å². The van der Waals surface area contributed by atoms with Crippen LogP contribution in [0, 0.1) is 0 Å². The van der Waals surface area contributed by atoms with Crippen LogP contribution in [-0.2, 0) is 23.9 Å². The lowest BCUT2D eigenvalue weighted by Crippen LogP contribution is -2.18. The molecule has 3 rings (SSSR count). The maximum absolute atomic E-state index is 13.6. The van der Waals surface area contributed by atoms with Gasteiger partial charge in [-0.15, -0.1) is 0 Å². The van der Waals surface area contributed by atoms with Gasteiger partial charge in [-0.25, -0.2) is 9.97 Å². The van der Waals surface area contributed by atoms with Gasteiger partial charge in [-0.1, -0.05) is 25.1 Å². The zero-order chi connectivity index (χ0) is 25.6. The smallest absolute Gasteiger partial charge is 0.419 e. The minimum Gasteiger partial charge on any atom is -0.490 e. The molecule has 9 heteroatoms. The third kappa shape index (κ3) is 6.79. The van der Waals surface area contributed by atoms with Crippen molar-refractivity contribution in [2.24, 2.45) is 0 Å². The molecule has 35 heavy (non-hydrogen) atoms. The molecule has 0 saturated heterocycles. The normalized spacial score (nSPS) is 11.6. The van der Waals surface area contributed by atoms with E-state index in [9.17, 15) is 18.0 Å². The fraction of sp³-hybridized carbons (Fsp3) is 0.346. The number of nitrogens with one attached hydrogen (secondary N) is 1. The Hall–Kier alpha value is -3.46. The second-order valence-corrected chi connectivity index (χ2v) is 8.29. The molecular weight excluding hydrogens is 459 g/mol. The van der Waals surface area contributed by atoms with Gasteiger partial charge >= 0.3 is 12.1 Å². The lowest BCUT2D eigenvalue weighted by molar-refractivity contribution is -0.139. The number of rotatable bonds is 10. The van der Waals surface area contributed by atoms with Crippen LogP contribution in [0.5, 0.6) is 5.75 Å². The van der Waals surface area contributed by atoms with Crippen LogP contribution in [0.1, 0.15) is 43.9 Å². The largest absolute Gasteiger partial charge is 0.490 e. The number of benzene rings is 2. The number of carboxylic acid groups (broad SMARTS) is 1. The summed E-state index contributed by atoms with van der Waals surface area (Å²) in [7, 11) is 0. The second kappa shape index (κ2) is 11.3. The Kier molecular flexibility index (Phi) is 8.45. The Labute approximate surface area is 202 Å². The quantitative estimate of drug-likeness (QED) is 0.355. The van der Waals surface area contributed by atoms with Gasteiger partial charge in [-0.2, -0.15) is 13.2 Å². The van der Waals surface area contributed by atoms with Crippen LogP contribution in [0.4, 0.5) is 13.2 Å². The topological polar surface area (TPSA) is 84.3 Å². The molecule has 0 aliphatic carbocycles. The summed E-state index contributed by atoms with van der Waals surface area (Å²) >= 11 is 0. The van der Waals surface area contributed by atoms with Gasteiger partial charge < -0.3 is 15.2 Å². The molecule has 186 valence electrons. The standard InChI is InChI=1S/C26H28F3N3O3/c1-4-20-18(13-30-11-10-24(33)34)6-5-7-21(20)19-14-31-25(32-15-19)17-8-9-23(35-16(2)3)22(12-17)26(27,28)29/h5-9,12,14-16,30H,4,10-11,13H2,1-3H3,(H,33,34). The molecular formula is C26H28F3N3O3. The van der Waals surface area contributed by atoms with E-state index >= 15 is 0 Å². The maximum atomic E-state index is 13.6. The zero-order valence-electron chi connectivity index (χ0n) is 19.8. The first-order valence-corrected chi connectivity index (χ1v) is 11.3. The average molecular weight is 488 g/mol. The highest BCUT2D eigenvalue weighted by molar-refractivity contribution is 5.69. The molecule has 0 unspecified atom stereocenters. The first-order valence-electron chi connectivity index (χ1n) is 11.3. The second-order valence-electron chi connectivity index (χ2n) is 8.29. The van der Waals surface area contributed by atoms with E-state index in [4.69, 9.17) is 9.84 Å². The molecule has 0 fully saturated rings. The van der Waals surface area contributed by atoms with E-state index in [1.54, 1.807) is 26.2 Å². The van der Waals surface area contributed by atoms with Crippen LogP contribution in [0.25, 0.3) is 22.5 Å². The van der Waals surface area contributed by atoms with E-state index in [2.05, 4.69) is 15.3 Å². The number of hydrogen-bond acceptors (Lipinski definition) is 5. The summed E-state index contributed by atoms with van der Waals surface area (Å²) in [6, 6.07) is 9.64. The lowest BCUT2D eigenvalue weighted by atomic mass is 9.95. The Morgan fingerprint density at radius 1 is 1.11 bits per heavy atom. The zero-order valence-corrected chi connectivity index (χ0v) is 19.8. The van der Waals surface area contributed by atoms with Crippen LogP contribution in [-0.4, -0.2) is 33.7 Å². The van der Waals surface area contributed by atoms with Crippen molar-refractivity contribution in [3.8, 4) is 28.3 Å². The van der Waals surface area contributed by atoms with E-state index in [-0.39, 0.29) is 23.6 Å². The number of alkyl halides is 3. The molecule has 1 heterocycles. The molecule has 0 atom stereocenters. The van der Waals surface area contributed by atoms with Gasteiger partial charge in [-0.3, -0.25) is 4.79 Å². The van der Waals surface area contributed by atoms with E-state index < -0.39 is 23.8 Å². The summed E-state index contributed by atoms with van der Waals surface area (Å²) in [6.07, 6.45) is -0.991. The molecule has 2 aromatic carbocycles. The highest BCUT2D eigenvalue weighted by Crippen LogP contribution is 2.39. The summed E-state index contributed by atoms with van der Waals surface area (Å²) < 4.78 is 46.1. The SMILES string of the molecule is CCc1c(CNCCC(=O)O)cccc1-c1cnc(-c2ccc(OC(C)C)c(C(F)(F)F)c2)nc1. The Morgan fingerprint density at radius 3 is 2.43 bits per heavy atom. The van der Waals surface area contributed by atoms with Gasteiger partial charge in [0.2, 0.25) is 0 Å². The molecule has 2 N–H and O–H groups in total. The molecule has 0 radical (unpaired) electrons. The summed E-state index contributed by atoms with van der Waals surface area (Å²) in [4.78, 5) is 19.4. The predicted molar refractivity (Wildman–Crippen MR) is 127 cm³/mol. The molecule has 0 bridgehead atoms. The number of nitrogens with zero attached hydrogens (tertiary/aromatic N) is 2. The van der Waals surface area contributed by atoms with Gasteiger partial charge in [0.05, 0.1) is 18.1 Å². The lowest BCUT2D eigenvalue weighted by Gasteiger charge is -2.17. The van der Waals surface area contributed by atoms with Crippen molar-refractivity contribution >= 4 is 5.97 Å². The summed E-state index contributed by atoms with van der Waals surface area (Å²) in [5, 5.41) is 11.9. The number of carbonyl (C=O) groups is 1. The number of hydrogen-bond donors (Lipinski definition) is 2. The molecule has 0 aliphatic rings. The Bertz CT molecular complexity index is 1160. The van der Waals surface area contributed by atoms with Crippen molar-refractivity contribution in [3.05, 3.63) is 65.5 Å². The van der Waals surface area contributed by atoms with Gasteiger partial charge in [0.1, 0.15) is 5.75 Å². The number of carboxylic acids is 1. The first kappa shape index (κ1) is 26.2. The maximum Gasteiger partial charge on any atom is 0.419 e. The number of aromatic nitrogens is 2. The number of ether oxygens (including phenoxy) is 1. The van der Waals surface area contributed by atoms with Gasteiger partial charge in [0, 0.05) is 36.6 Å². The third-order valence-corrected chi connectivity index (χ3v) is 5.33. The van der Waals surface area contributed by atoms with Crippen molar-refractivity contribution in [1.82, 2.24) is 15.3 Å². The average Bonchev–Trinajstić information content (AvgIpc) is 2.81. The van der Waals surface area contributed by atoms with Crippen molar-refractivity contribution < 1.29 is 27.8 Å². The Balaban J connectivity index is 1.88. The molecule has 3 aromatic rings. The molecule has 0 amide bonds. The molecule has 0 saturated carbocycles. The molecule has 0 aliphatic heterocycles. The van der Waals surface area contributed by atoms with Gasteiger partial charge in [-0.05, 0) is 55.2 Å². The van der Waals surface area contributed by atoms with Crippen molar-refractivity contribution in [2.45, 2.75) is 52.4 Å². The van der Waals surface area contributed by atoms with Gasteiger partial charge in [0.15, 0.2) is 5.82 Å². The summed E-state index contributed by atoms with van der Waals surface area (Å²) in [5.41, 5.74) is 3.15. The van der Waals surface area contributed by atoms with Crippen molar-refractivity contribution in [1.29, 1.82) is 0 Å². The number of halogens is 3. The highest BCUT2D eigenvalue weighted by Gasteiger charge is 2.35. The fourth-order valence-corrected chi connectivity index (χ4v) is 3.77. The Morgan fingerprint density at radius 2 is 1.83 bits per heavy atom. The third-order valence-electron chi connectivity index (χ3n) is 5.33. The summed E-state index contributed by atoms with van der Waals surface area (Å²) in [6.45, 7) is 6.24. The van der Waals surface area contributed by atoms with Gasteiger partial charge in [0.25, 0.3) is 0 Å². The minimum absolute atomic E-state index is 0.0388. The first-order chi connectivity index (χ1) is 16.6. The van der Waals surface area contributed by atoms with E-state index in [1.165, 1.54) is 12.1 Å². The van der Waals surface area contributed by atoms with Crippen LogP contribution in [0.15, 0.2) is 48.8 Å². The highest BCUT2D eigenvalue weighted by atomic mass is 19.4. The summed E-state index contributed by atoms with van der Waals surface area (Å²) in [5.74, 6) is -0.905. The van der Waals surface area contributed by atoms with Crippen LogP contribution < -0.4 is 10.1 Å². The van der Waals surface area contributed by atoms with Crippen LogP contribution >= 0.6 is 0 Å². The molecule has 0 spiro atoms.